The van der Waals surface area contributed by atoms with Crippen molar-refractivity contribution in [1.29, 1.82) is 0 Å². The fourth-order valence-electron chi connectivity index (χ4n) is 1.50. The number of aromatic nitrogens is 2. The molecular weight excluding hydrogens is 210 g/mol. The lowest BCUT2D eigenvalue weighted by atomic mass is 10.3. The van der Waals surface area contributed by atoms with Gasteiger partial charge in [0.1, 0.15) is 4.70 Å². The van der Waals surface area contributed by atoms with Gasteiger partial charge in [-0.25, -0.2) is 4.98 Å². The van der Waals surface area contributed by atoms with Crippen LogP contribution in [0.2, 0.25) is 0 Å². The van der Waals surface area contributed by atoms with Crippen molar-refractivity contribution in [2.24, 2.45) is 5.73 Å². The molecule has 0 aromatic carbocycles. The Hall–Kier alpha value is -1.20. The first-order chi connectivity index (χ1) is 7.09. The fraction of sp³-hybridized carbons (Fsp3) is 0.400. The second-order valence-electron chi connectivity index (χ2n) is 3.78. The molecule has 2 aromatic heterocycles. The van der Waals surface area contributed by atoms with Crippen molar-refractivity contribution in [2.75, 3.05) is 0 Å². The summed E-state index contributed by atoms with van der Waals surface area (Å²) in [6, 6.07) is -0.0389. The van der Waals surface area contributed by atoms with E-state index in [-0.39, 0.29) is 11.6 Å². The Morgan fingerprint density at radius 3 is 3.07 bits per heavy atom. The van der Waals surface area contributed by atoms with Crippen LogP contribution < -0.4 is 11.3 Å². The summed E-state index contributed by atoms with van der Waals surface area (Å²) in [5.41, 5.74) is 7.53. The SMILES string of the molecule is Cc1csc2c(=O)n(CC(C)N)cnc12. The highest BCUT2D eigenvalue weighted by Crippen LogP contribution is 2.19. The van der Waals surface area contributed by atoms with Crippen LogP contribution in [0.3, 0.4) is 0 Å². The smallest absolute Gasteiger partial charge is 0.271 e. The third kappa shape index (κ3) is 1.80. The second kappa shape index (κ2) is 3.75. The Bertz CT molecular complexity index is 541. The zero-order valence-electron chi connectivity index (χ0n) is 8.73. The van der Waals surface area contributed by atoms with E-state index in [1.54, 1.807) is 10.9 Å². The first-order valence-electron chi connectivity index (χ1n) is 4.78. The van der Waals surface area contributed by atoms with Crippen LogP contribution in [-0.4, -0.2) is 15.6 Å². The van der Waals surface area contributed by atoms with Gasteiger partial charge in [-0.15, -0.1) is 11.3 Å². The molecule has 0 saturated carbocycles. The molecule has 5 heteroatoms. The number of nitrogens with zero attached hydrogens (tertiary/aromatic N) is 2. The molecule has 15 heavy (non-hydrogen) atoms. The van der Waals surface area contributed by atoms with Crippen LogP contribution in [-0.2, 0) is 6.54 Å². The molecule has 0 radical (unpaired) electrons. The summed E-state index contributed by atoms with van der Waals surface area (Å²) in [4.78, 5) is 16.2. The molecule has 0 aliphatic carbocycles. The van der Waals surface area contributed by atoms with E-state index in [2.05, 4.69) is 4.98 Å². The van der Waals surface area contributed by atoms with Gasteiger partial charge in [-0.1, -0.05) is 0 Å². The van der Waals surface area contributed by atoms with Crippen molar-refractivity contribution in [3.05, 3.63) is 27.6 Å². The normalized spacial score (nSPS) is 13.3. The number of hydrogen-bond acceptors (Lipinski definition) is 4. The van der Waals surface area contributed by atoms with Gasteiger partial charge in [0.05, 0.1) is 11.8 Å². The maximum Gasteiger partial charge on any atom is 0.271 e. The summed E-state index contributed by atoms with van der Waals surface area (Å²) in [6.07, 6.45) is 1.58. The highest BCUT2D eigenvalue weighted by Gasteiger charge is 2.08. The third-order valence-electron chi connectivity index (χ3n) is 2.21. The summed E-state index contributed by atoms with van der Waals surface area (Å²) in [6.45, 7) is 4.34. The monoisotopic (exact) mass is 223 g/mol. The summed E-state index contributed by atoms with van der Waals surface area (Å²) in [7, 11) is 0. The molecule has 1 atom stereocenters. The summed E-state index contributed by atoms with van der Waals surface area (Å²) >= 11 is 1.45. The molecule has 0 fully saturated rings. The van der Waals surface area contributed by atoms with Gasteiger partial charge < -0.3 is 5.73 Å². The van der Waals surface area contributed by atoms with Crippen molar-refractivity contribution in [2.45, 2.75) is 26.4 Å². The van der Waals surface area contributed by atoms with Crippen molar-refractivity contribution < 1.29 is 0 Å². The average Bonchev–Trinajstić information content (AvgIpc) is 2.53. The van der Waals surface area contributed by atoms with Gasteiger partial charge in [0, 0.05) is 12.6 Å². The van der Waals surface area contributed by atoms with Crippen molar-refractivity contribution in [3.8, 4) is 0 Å². The molecule has 0 amide bonds. The van der Waals surface area contributed by atoms with E-state index >= 15 is 0 Å². The van der Waals surface area contributed by atoms with Gasteiger partial charge >= 0.3 is 0 Å². The molecule has 2 heterocycles. The molecule has 0 saturated heterocycles. The topological polar surface area (TPSA) is 60.9 Å². The van der Waals surface area contributed by atoms with Crippen LogP contribution in [0.25, 0.3) is 10.2 Å². The number of fused-ring (bicyclic) bond motifs is 1. The molecule has 1 unspecified atom stereocenters. The number of thiophene rings is 1. The van der Waals surface area contributed by atoms with E-state index in [9.17, 15) is 4.79 Å². The molecule has 2 N–H and O–H groups in total. The molecule has 0 aliphatic rings. The van der Waals surface area contributed by atoms with E-state index in [0.717, 1.165) is 15.8 Å². The minimum Gasteiger partial charge on any atom is -0.326 e. The van der Waals surface area contributed by atoms with Crippen LogP contribution in [0.15, 0.2) is 16.5 Å². The molecule has 4 nitrogen and oxygen atoms in total. The number of nitrogens with two attached hydrogens (primary N) is 1. The molecule has 0 bridgehead atoms. The highest BCUT2D eigenvalue weighted by atomic mass is 32.1. The molecule has 0 aliphatic heterocycles. The van der Waals surface area contributed by atoms with Gasteiger partial charge in [-0.2, -0.15) is 0 Å². The largest absolute Gasteiger partial charge is 0.326 e. The predicted molar refractivity (Wildman–Crippen MR) is 62.3 cm³/mol. The quantitative estimate of drug-likeness (QED) is 0.829. The van der Waals surface area contributed by atoms with Crippen LogP contribution in [0, 0.1) is 6.92 Å². The zero-order chi connectivity index (χ0) is 11.0. The standard InChI is InChI=1S/C10H13N3OS/c1-6-4-15-9-8(6)12-5-13(10(9)14)3-7(2)11/h4-5,7H,3,11H2,1-2H3. The molecule has 2 rings (SSSR count). The lowest BCUT2D eigenvalue weighted by Crippen LogP contribution is -2.29. The Kier molecular flexibility index (Phi) is 2.58. The van der Waals surface area contributed by atoms with E-state index in [1.807, 2.05) is 19.2 Å². The average molecular weight is 223 g/mol. The molecule has 2 aromatic rings. The van der Waals surface area contributed by atoms with Crippen molar-refractivity contribution in [1.82, 2.24) is 9.55 Å². The van der Waals surface area contributed by atoms with Gasteiger partial charge in [0.25, 0.3) is 5.56 Å². The second-order valence-corrected chi connectivity index (χ2v) is 4.66. The molecular formula is C10H13N3OS. The van der Waals surface area contributed by atoms with E-state index in [4.69, 9.17) is 5.73 Å². The molecule has 0 spiro atoms. The third-order valence-corrected chi connectivity index (χ3v) is 3.28. The molecule has 80 valence electrons. The first-order valence-corrected chi connectivity index (χ1v) is 5.66. The maximum atomic E-state index is 12.0. The fourth-order valence-corrected chi connectivity index (χ4v) is 2.45. The Morgan fingerprint density at radius 2 is 2.40 bits per heavy atom. The van der Waals surface area contributed by atoms with Crippen LogP contribution >= 0.6 is 11.3 Å². The number of aryl methyl sites for hydroxylation is 1. The van der Waals surface area contributed by atoms with Gasteiger partial charge in [0.2, 0.25) is 0 Å². The van der Waals surface area contributed by atoms with E-state index in [0.29, 0.717) is 6.54 Å². The lowest BCUT2D eigenvalue weighted by Gasteiger charge is -2.07. The summed E-state index contributed by atoms with van der Waals surface area (Å²) in [5.74, 6) is 0. The minimum atomic E-state index is -0.0389. The van der Waals surface area contributed by atoms with Gasteiger partial charge in [0.15, 0.2) is 0 Å². The summed E-state index contributed by atoms with van der Waals surface area (Å²) in [5, 5.41) is 1.95. The summed E-state index contributed by atoms with van der Waals surface area (Å²) < 4.78 is 2.29. The predicted octanol–water partition coefficient (Wildman–Crippen LogP) is 1.11. The highest BCUT2D eigenvalue weighted by molar-refractivity contribution is 7.17. The van der Waals surface area contributed by atoms with Gasteiger partial charge in [-0.3, -0.25) is 9.36 Å². The van der Waals surface area contributed by atoms with Crippen molar-refractivity contribution >= 4 is 21.6 Å². The van der Waals surface area contributed by atoms with Crippen molar-refractivity contribution in [3.63, 3.8) is 0 Å². The van der Waals surface area contributed by atoms with Crippen LogP contribution in [0.5, 0.6) is 0 Å². The zero-order valence-corrected chi connectivity index (χ0v) is 9.54. The van der Waals surface area contributed by atoms with Crippen LogP contribution in [0.4, 0.5) is 0 Å². The minimum absolute atomic E-state index is 0.00963. The Balaban J connectivity index is 2.61. The number of rotatable bonds is 2. The maximum absolute atomic E-state index is 12.0. The first kappa shape index (κ1) is 10.3. The van der Waals surface area contributed by atoms with Gasteiger partial charge in [-0.05, 0) is 24.8 Å². The lowest BCUT2D eigenvalue weighted by molar-refractivity contribution is 0.571. The van der Waals surface area contributed by atoms with Crippen LogP contribution in [0.1, 0.15) is 12.5 Å². The van der Waals surface area contributed by atoms with E-state index in [1.165, 1.54) is 11.3 Å². The van der Waals surface area contributed by atoms with E-state index < -0.39 is 0 Å². The Morgan fingerprint density at radius 1 is 1.67 bits per heavy atom. The Labute approximate surface area is 91.4 Å². The number of hydrogen-bond donors (Lipinski definition) is 1.